The Morgan fingerprint density at radius 1 is 1.08 bits per heavy atom. The Morgan fingerprint density at radius 3 is 2.44 bits per heavy atom. The molecule has 2 heterocycles. The van der Waals surface area contributed by atoms with E-state index < -0.39 is 0 Å². The van der Waals surface area contributed by atoms with Gasteiger partial charge >= 0.3 is 0 Å². The van der Waals surface area contributed by atoms with Crippen molar-refractivity contribution in [3.63, 3.8) is 0 Å². The van der Waals surface area contributed by atoms with Gasteiger partial charge in [0.2, 0.25) is 0 Å². The van der Waals surface area contributed by atoms with E-state index in [0.717, 1.165) is 38.4 Å². The highest BCUT2D eigenvalue weighted by Gasteiger charge is 2.28. The Hall–Kier alpha value is -1.95. The Labute approximate surface area is 150 Å². The minimum Gasteiger partial charge on any atom is -0.369 e. The summed E-state index contributed by atoms with van der Waals surface area (Å²) in [6.07, 6.45) is 1.02. The lowest BCUT2D eigenvalue weighted by Crippen LogP contribution is -2.48. The molecule has 0 aliphatic carbocycles. The van der Waals surface area contributed by atoms with E-state index in [4.69, 9.17) is 0 Å². The largest absolute Gasteiger partial charge is 0.369 e. The maximum atomic E-state index is 4.33. The molecule has 3 rings (SSSR count). The number of hydrogen-bond donors (Lipinski definition) is 0. The third kappa shape index (κ3) is 3.54. The summed E-state index contributed by atoms with van der Waals surface area (Å²) in [7, 11) is 0. The molecule has 1 aromatic carbocycles. The van der Waals surface area contributed by atoms with Gasteiger partial charge in [-0.3, -0.25) is 4.90 Å². The monoisotopic (exact) mass is 342 g/mol. The minimum atomic E-state index is 0.287. The molecule has 0 bridgehead atoms. The van der Waals surface area contributed by atoms with Crippen LogP contribution in [0.1, 0.15) is 56.2 Å². The van der Waals surface area contributed by atoms with Crippen molar-refractivity contribution in [2.45, 2.75) is 53.1 Å². The average Bonchev–Trinajstić information content (AvgIpc) is 3.08. The van der Waals surface area contributed by atoms with Crippen LogP contribution in [0.5, 0.6) is 0 Å². The zero-order valence-corrected chi connectivity index (χ0v) is 16.1. The van der Waals surface area contributed by atoms with Gasteiger partial charge in [0.05, 0.1) is 12.1 Å². The Balaban J connectivity index is 1.72. The summed E-state index contributed by atoms with van der Waals surface area (Å²) in [5, 5.41) is 12.4. The van der Waals surface area contributed by atoms with Crippen molar-refractivity contribution in [2.24, 2.45) is 0 Å². The Kier molecular flexibility index (Phi) is 5.37. The van der Waals surface area contributed by atoms with Gasteiger partial charge in [0.1, 0.15) is 0 Å². The molecule has 1 aliphatic heterocycles. The zero-order valence-electron chi connectivity index (χ0n) is 16.1. The summed E-state index contributed by atoms with van der Waals surface area (Å²) < 4.78 is 1.96. The van der Waals surface area contributed by atoms with Crippen LogP contribution in [0.25, 0.3) is 0 Å². The van der Waals surface area contributed by atoms with Crippen LogP contribution in [0, 0.1) is 13.8 Å². The van der Waals surface area contributed by atoms with Crippen molar-refractivity contribution in [3.8, 4) is 0 Å². The molecule has 1 saturated heterocycles. The SMILES string of the molecule is CC[C@@H](c1nnnn1C(C)C)N1CCN(c2cccc(C)c2C)CC1. The quantitative estimate of drug-likeness (QED) is 0.835. The molecule has 0 saturated carbocycles. The smallest absolute Gasteiger partial charge is 0.168 e. The third-order valence-corrected chi connectivity index (χ3v) is 5.36. The van der Waals surface area contributed by atoms with Crippen molar-refractivity contribution >= 4 is 5.69 Å². The first-order chi connectivity index (χ1) is 12.0. The summed E-state index contributed by atoms with van der Waals surface area (Å²) in [5.41, 5.74) is 4.13. The molecule has 0 amide bonds. The van der Waals surface area contributed by atoms with Crippen LogP contribution in [0.15, 0.2) is 18.2 Å². The number of rotatable bonds is 5. The van der Waals surface area contributed by atoms with Gasteiger partial charge < -0.3 is 4.90 Å². The lowest BCUT2D eigenvalue weighted by Gasteiger charge is -2.40. The van der Waals surface area contributed by atoms with Crippen LogP contribution < -0.4 is 4.90 Å². The summed E-state index contributed by atoms with van der Waals surface area (Å²) in [6.45, 7) is 15.1. The van der Waals surface area contributed by atoms with Gasteiger partial charge in [-0.1, -0.05) is 19.1 Å². The first kappa shape index (κ1) is 17.9. The second-order valence-electron chi connectivity index (χ2n) is 7.24. The molecule has 136 valence electrons. The highest BCUT2D eigenvalue weighted by atomic mass is 15.6. The molecular formula is C19H30N6. The van der Waals surface area contributed by atoms with Gasteiger partial charge in [0.25, 0.3) is 0 Å². The lowest BCUT2D eigenvalue weighted by atomic mass is 10.1. The van der Waals surface area contributed by atoms with E-state index in [2.05, 4.69) is 78.1 Å². The molecule has 0 spiro atoms. The van der Waals surface area contributed by atoms with Crippen LogP contribution in [0.4, 0.5) is 5.69 Å². The van der Waals surface area contributed by atoms with E-state index >= 15 is 0 Å². The Bertz CT molecular complexity index is 700. The lowest BCUT2D eigenvalue weighted by molar-refractivity contribution is 0.167. The molecule has 1 aliphatic rings. The van der Waals surface area contributed by atoms with Crippen LogP contribution in [0.3, 0.4) is 0 Å². The van der Waals surface area contributed by atoms with Crippen LogP contribution in [-0.4, -0.2) is 51.3 Å². The maximum absolute atomic E-state index is 4.33. The molecule has 25 heavy (non-hydrogen) atoms. The van der Waals surface area contributed by atoms with Gasteiger partial charge in [-0.05, 0) is 61.7 Å². The minimum absolute atomic E-state index is 0.287. The second kappa shape index (κ2) is 7.52. The van der Waals surface area contributed by atoms with Gasteiger partial charge in [0, 0.05) is 31.9 Å². The summed E-state index contributed by atoms with van der Waals surface area (Å²) in [5.74, 6) is 0.998. The summed E-state index contributed by atoms with van der Waals surface area (Å²) in [4.78, 5) is 5.04. The maximum Gasteiger partial charge on any atom is 0.168 e. The number of benzene rings is 1. The molecule has 2 aromatic rings. The average molecular weight is 342 g/mol. The molecule has 6 heteroatoms. The van der Waals surface area contributed by atoms with E-state index in [0.29, 0.717) is 0 Å². The van der Waals surface area contributed by atoms with Crippen molar-refractivity contribution in [1.29, 1.82) is 0 Å². The molecule has 6 nitrogen and oxygen atoms in total. The normalized spacial score (nSPS) is 17.3. The molecule has 1 aromatic heterocycles. The Morgan fingerprint density at radius 2 is 1.80 bits per heavy atom. The van der Waals surface area contributed by atoms with E-state index in [1.165, 1.54) is 16.8 Å². The number of aryl methyl sites for hydroxylation is 1. The van der Waals surface area contributed by atoms with Gasteiger partial charge in [0.15, 0.2) is 5.82 Å². The molecule has 1 atom stereocenters. The predicted molar refractivity (Wildman–Crippen MR) is 101 cm³/mol. The van der Waals surface area contributed by atoms with Crippen molar-refractivity contribution < 1.29 is 0 Å². The molecule has 0 N–H and O–H groups in total. The summed E-state index contributed by atoms with van der Waals surface area (Å²) in [6, 6.07) is 7.17. The predicted octanol–water partition coefficient (Wildman–Crippen LogP) is 3.14. The number of hydrogen-bond acceptors (Lipinski definition) is 5. The summed E-state index contributed by atoms with van der Waals surface area (Å²) >= 11 is 0. The number of piperazine rings is 1. The fourth-order valence-electron chi connectivity index (χ4n) is 3.74. The van der Waals surface area contributed by atoms with E-state index in [-0.39, 0.29) is 12.1 Å². The first-order valence-electron chi connectivity index (χ1n) is 9.35. The van der Waals surface area contributed by atoms with E-state index in [1.807, 2.05) is 4.68 Å². The standard InChI is InChI=1S/C19H30N6/c1-6-17(19-20-21-22-25(19)14(2)3)23-10-12-24(13-11-23)18-9-7-8-15(4)16(18)5/h7-9,14,17H,6,10-13H2,1-5H3/t17-/m0/s1. The number of nitrogens with zero attached hydrogens (tertiary/aromatic N) is 6. The number of anilines is 1. The topological polar surface area (TPSA) is 50.1 Å². The molecule has 0 radical (unpaired) electrons. The first-order valence-corrected chi connectivity index (χ1v) is 9.35. The van der Waals surface area contributed by atoms with Crippen molar-refractivity contribution in [2.75, 3.05) is 31.1 Å². The van der Waals surface area contributed by atoms with Gasteiger partial charge in [-0.25, -0.2) is 4.68 Å². The fraction of sp³-hybridized carbons (Fsp3) is 0.632. The number of aromatic nitrogens is 4. The van der Waals surface area contributed by atoms with Crippen LogP contribution >= 0.6 is 0 Å². The van der Waals surface area contributed by atoms with Crippen molar-refractivity contribution in [3.05, 3.63) is 35.2 Å². The highest BCUT2D eigenvalue weighted by Crippen LogP contribution is 2.28. The van der Waals surface area contributed by atoms with Crippen molar-refractivity contribution in [1.82, 2.24) is 25.1 Å². The third-order valence-electron chi connectivity index (χ3n) is 5.36. The van der Waals surface area contributed by atoms with E-state index in [9.17, 15) is 0 Å². The molecule has 0 unspecified atom stereocenters. The fourth-order valence-corrected chi connectivity index (χ4v) is 3.74. The second-order valence-corrected chi connectivity index (χ2v) is 7.24. The highest BCUT2D eigenvalue weighted by molar-refractivity contribution is 5.56. The number of tetrazole rings is 1. The van der Waals surface area contributed by atoms with E-state index in [1.54, 1.807) is 0 Å². The van der Waals surface area contributed by atoms with Crippen LogP contribution in [0.2, 0.25) is 0 Å². The van der Waals surface area contributed by atoms with Gasteiger partial charge in [-0.2, -0.15) is 0 Å². The zero-order chi connectivity index (χ0) is 18.0. The van der Waals surface area contributed by atoms with Gasteiger partial charge in [-0.15, -0.1) is 5.10 Å². The van der Waals surface area contributed by atoms with Crippen LogP contribution in [-0.2, 0) is 0 Å². The molecular weight excluding hydrogens is 312 g/mol. The molecule has 1 fully saturated rings.